The minimum absolute atomic E-state index is 0.156. The first kappa shape index (κ1) is 26.5. The highest BCUT2D eigenvalue weighted by Gasteiger charge is 2.30. The topological polar surface area (TPSA) is 59.1 Å². The van der Waals surface area contributed by atoms with Gasteiger partial charge < -0.3 is 14.4 Å². The fourth-order valence-electron chi connectivity index (χ4n) is 3.73. The maximum Gasteiger partial charge on any atom is 0.416 e. The Morgan fingerprint density at radius 2 is 1.63 bits per heavy atom. The lowest BCUT2D eigenvalue weighted by Crippen LogP contribution is -2.50. The molecule has 1 fully saturated rings. The second-order valence-electron chi connectivity index (χ2n) is 9.45. The summed E-state index contributed by atoms with van der Waals surface area (Å²) in [4.78, 5) is 28.9. The molecule has 35 heavy (non-hydrogen) atoms. The molecule has 2 aromatic carbocycles. The van der Waals surface area contributed by atoms with Crippen molar-refractivity contribution in [1.82, 2.24) is 9.80 Å². The zero-order chi connectivity index (χ0) is 25.6. The maximum absolute atomic E-state index is 13.0. The minimum Gasteiger partial charge on any atom is -0.491 e. The average Bonchev–Trinajstić information content (AvgIpc) is 2.78. The first-order chi connectivity index (χ1) is 16.4. The molecule has 1 amide bonds. The number of nitrogens with zero attached hydrogens (tertiary/aromatic N) is 2. The van der Waals surface area contributed by atoms with Crippen LogP contribution in [0.25, 0.3) is 0 Å². The summed E-state index contributed by atoms with van der Waals surface area (Å²) >= 11 is 0. The third kappa shape index (κ3) is 7.99. The van der Waals surface area contributed by atoms with Crippen molar-refractivity contribution in [3.05, 3.63) is 65.2 Å². The van der Waals surface area contributed by atoms with Crippen molar-refractivity contribution in [2.75, 3.05) is 39.3 Å². The molecule has 3 rings (SSSR count). The van der Waals surface area contributed by atoms with E-state index in [1.54, 1.807) is 29.2 Å². The summed E-state index contributed by atoms with van der Waals surface area (Å²) in [6, 6.07) is 11.5. The number of piperazine rings is 1. The lowest BCUT2D eigenvalue weighted by Gasteiger charge is -2.35. The van der Waals surface area contributed by atoms with Gasteiger partial charge in [-0.2, -0.15) is 13.2 Å². The summed E-state index contributed by atoms with van der Waals surface area (Å²) in [5.74, 6) is 0.0859. The summed E-state index contributed by atoms with van der Waals surface area (Å²) in [7, 11) is 0. The van der Waals surface area contributed by atoms with Crippen LogP contribution in [0.3, 0.4) is 0 Å². The van der Waals surface area contributed by atoms with Crippen LogP contribution in [0.2, 0.25) is 0 Å². The third-order valence-corrected chi connectivity index (χ3v) is 5.50. The maximum atomic E-state index is 13.0. The number of amides is 1. The van der Waals surface area contributed by atoms with Gasteiger partial charge in [0.2, 0.25) is 0 Å². The second kappa shape index (κ2) is 11.1. The van der Waals surface area contributed by atoms with Gasteiger partial charge in [0.05, 0.1) is 11.1 Å². The van der Waals surface area contributed by atoms with E-state index in [0.29, 0.717) is 56.2 Å². The molecule has 190 valence electrons. The number of hydrogen-bond donors (Lipinski definition) is 0. The van der Waals surface area contributed by atoms with Crippen LogP contribution in [0.5, 0.6) is 5.75 Å². The molecule has 0 N–H and O–H groups in total. The van der Waals surface area contributed by atoms with Crippen LogP contribution < -0.4 is 4.74 Å². The van der Waals surface area contributed by atoms with Crippen LogP contribution in [-0.2, 0) is 17.3 Å². The Kier molecular flexibility index (Phi) is 8.43. The van der Waals surface area contributed by atoms with Gasteiger partial charge >= 0.3 is 12.3 Å². The van der Waals surface area contributed by atoms with E-state index in [1.165, 1.54) is 12.1 Å². The second-order valence-corrected chi connectivity index (χ2v) is 9.45. The van der Waals surface area contributed by atoms with Gasteiger partial charge in [0.15, 0.2) is 5.78 Å². The highest BCUT2D eigenvalue weighted by atomic mass is 19.4. The van der Waals surface area contributed by atoms with Gasteiger partial charge in [0.1, 0.15) is 18.0 Å². The number of benzene rings is 2. The summed E-state index contributed by atoms with van der Waals surface area (Å²) < 4.78 is 50.2. The molecule has 0 atom stereocenters. The predicted octanol–water partition coefficient (Wildman–Crippen LogP) is 5.06. The molecule has 9 heteroatoms. The summed E-state index contributed by atoms with van der Waals surface area (Å²) in [6.45, 7) is 8.92. The molecule has 0 saturated carbocycles. The van der Waals surface area contributed by atoms with E-state index < -0.39 is 17.3 Å². The van der Waals surface area contributed by atoms with Gasteiger partial charge in [-0.05, 0) is 44.5 Å². The van der Waals surface area contributed by atoms with Gasteiger partial charge in [0, 0.05) is 39.1 Å². The number of halogens is 3. The molecule has 0 radical (unpaired) electrons. The largest absolute Gasteiger partial charge is 0.491 e. The summed E-state index contributed by atoms with van der Waals surface area (Å²) in [5.41, 5.74) is -0.685. The minimum atomic E-state index is -4.46. The summed E-state index contributed by atoms with van der Waals surface area (Å²) in [5, 5.41) is 0. The zero-order valence-electron chi connectivity index (χ0n) is 20.2. The molecule has 1 saturated heterocycles. The van der Waals surface area contributed by atoms with Crippen LogP contribution in [0.15, 0.2) is 48.5 Å². The Morgan fingerprint density at radius 3 is 2.29 bits per heavy atom. The van der Waals surface area contributed by atoms with Gasteiger partial charge in [0.25, 0.3) is 0 Å². The van der Waals surface area contributed by atoms with Crippen LogP contribution in [-0.4, -0.2) is 66.6 Å². The van der Waals surface area contributed by atoms with Crippen LogP contribution in [0.1, 0.15) is 42.3 Å². The number of para-hydroxylation sites is 1. The molecule has 1 aliphatic rings. The van der Waals surface area contributed by atoms with E-state index in [-0.39, 0.29) is 18.3 Å². The van der Waals surface area contributed by atoms with Crippen molar-refractivity contribution in [3.63, 3.8) is 0 Å². The molecule has 0 aliphatic carbocycles. The van der Waals surface area contributed by atoms with Crippen LogP contribution in [0, 0.1) is 0 Å². The molecule has 2 aromatic rings. The quantitative estimate of drug-likeness (QED) is 0.506. The van der Waals surface area contributed by atoms with Crippen LogP contribution >= 0.6 is 0 Å². The number of alkyl halides is 3. The van der Waals surface area contributed by atoms with Gasteiger partial charge in [-0.3, -0.25) is 9.69 Å². The lowest BCUT2D eigenvalue weighted by atomic mass is 10.0. The monoisotopic (exact) mass is 492 g/mol. The van der Waals surface area contributed by atoms with E-state index in [1.807, 2.05) is 20.8 Å². The van der Waals surface area contributed by atoms with Crippen molar-refractivity contribution in [2.45, 2.75) is 39.0 Å². The van der Waals surface area contributed by atoms with E-state index in [9.17, 15) is 22.8 Å². The van der Waals surface area contributed by atoms with Crippen molar-refractivity contribution < 1.29 is 32.2 Å². The average molecular weight is 493 g/mol. The third-order valence-electron chi connectivity index (χ3n) is 5.50. The molecular formula is C26H31F3N2O4. The van der Waals surface area contributed by atoms with E-state index in [4.69, 9.17) is 9.47 Å². The van der Waals surface area contributed by atoms with Gasteiger partial charge in [-0.1, -0.05) is 30.3 Å². The summed E-state index contributed by atoms with van der Waals surface area (Å²) in [6.07, 6.45) is -4.93. The van der Waals surface area contributed by atoms with E-state index in [2.05, 4.69) is 4.90 Å². The number of hydrogen-bond acceptors (Lipinski definition) is 5. The Labute approximate surface area is 203 Å². The van der Waals surface area contributed by atoms with E-state index >= 15 is 0 Å². The lowest BCUT2D eigenvalue weighted by molar-refractivity contribution is -0.137. The highest BCUT2D eigenvalue weighted by molar-refractivity contribution is 6.00. The molecule has 6 nitrogen and oxygen atoms in total. The Bertz CT molecular complexity index is 1030. The number of carbonyl (C=O) groups excluding carboxylic acids is 2. The first-order valence-corrected chi connectivity index (χ1v) is 11.5. The molecule has 0 bridgehead atoms. The fraction of sp³-hybridized carbons (Fsp3) is 0.462. The Balaban J connectivity index is 1.52. The Hall–Kier alpha value is -3.07. The standard InChI is InChI=1S/C26H31F3N2O4/c1-25(2,3)35-24(33)31-13-11-30(12-14-31)15-16-34-23-10-5-4-9-21(23)22(32)18-19-7-6-8-20(17-19)26(27,28)29/h4-10,17H,11-16,18H2,1-3H3. The van der Waals surface area contributed by atoms with Gasteiger partial charge in [-0.15, -0.1) is 0 Å². The molecular weight excluding hydrogens is 461 g/mol. The van der Waals surface area contributed by atoms with Gasteiger partial charge in [-0.25, -0.2) is 4.79 Å². The number of ether oxygens (including phenoxy) is 2. The smallest absolute Gasteiger partial charge is 0.416 e. The molecule has 1 aliphatic heterocycles. The molecule has 1 heterocycles. The normalized spacial score (nSPS) is 15.1. The number of ketones is 1. The fourth-order valence-corrected chi connectivity index (χ4v) is 3.73. The molecule has 0 aromatic heterocycles. The van der Waals surface area contributed by atoms with Crippen molar-refractivity contribution >= 4 is 11.9 Å². The van der Waals surface area contributed by atoms with Crippen LogP contribution in [0.4, 0.5) is 18.0 Å². The first-order valence-electron chi connectivity index (χ1n) is 11.5. The van der Waals surface area contributed by atoms with Crippen molar-refractivity contribution in [1.29, 1.82) is 0 Å². The van der Waals surface area contributed by atoms with Crippen molar-refractivity contribution in [2.24, 2.45) is 0 Å². The number of carbonyl (C=O) groups is 2. The number of Topliss-reactive ketones (excluding diaryl/α,β-unsaturated/α-hetero) is 1. The number of rotatable bonds is 7. The zero-order valence-corrected chi connectivity index (χ0v) is 20.2. The van der Waals surface area contributed by atoms with Crippen molar-refractivity contribution in [3.8, 4) is 5.75 Å². The Morgan fingerprint density at radius 1 is 0.943 bits per heavy atom. The predicted molar refractivity (Wildman–Crippen MR) is 126 cm³/mol. The van der Waals surface area contributed by atoms with E-state index in [0.717, 1.165) is 12.1 Å². The SMILES string of the molecule is CC(C)(C)OC(=O)N1CCN(CCOc2ccccc2C(=O)Cc2cccc(C(F)(F)F)c2)CC1. The molecule has 0 spiro atoms. The highest BCUT2D eigenvalue weighted by Crippen LogP contribution is 2.30. The molecule has 0 unspecified atom stereocenters.